The molecule has 2 aromatic rings. The van der Waals surface area contributed by atoms with Gasteiger partial charge in [0.2, 0.25) is 0 Å². The van der Waals surface area contributed by atoms with Gasteiger partial charge < -0.3 is 10.4 Å². The average molecular weight is 311 g/mol. The fourth-order valence-corrected chi connectivity index (χ4v) is 1.85. The number of hydrogen-bond donors (Lipinski definition) is 2. The summed E-state index contributed by atoms with van der Waals surface area (Å²) in [5.41, 5.74) is 0.0360. The Hall–Kier alpha value is -2.11. The zero-order valence-corrected chi connectivity index (χ0v) is 11.4. The Morgan fingerprint density at radius 2 is 1.90 bits per heavy atom. The molecule has 0 atom stereocenters. The van der Waals surface area contributed by atoms with E-state index in [9.17, 15) is 9.59 Å². The highest BCUT2D eigenvalue weighted by molar-refractivity contribution is 6.35. The molecule has 20 heavy (non-hydrogen) atoms. The number of nitrogens with zero attached hydrogens (tertiary/aromatic N) is 1. The Balaban J connectivity index is 2.32. The molecule has 7 heteroatoms. The van der Waals surface area contributed by atoms with E-state index in [-0.39, 0.29) is 22.0 Å². The van der Waals surface area contributed by atoms with E-state index < -0.39 is 11.9 Å². The molecule has 0 bridgehead atoms. The van der Waals surface area contributed by atoms with Gasteiger partial charge in [0.05, 0.1) is 21.3 Å². The van der Waals surface area contributed by atoms with Crippen molar-refractivity contribution >= 4 is 40.8 Å². The van der Waals surface area contributed by atoms with Crippen molar-refractivity contribution in [1.29, 1.82) is 0 Å². The normalized spacial score (nSPS) is 10.1. The quantitative estimate of drug-likeness (QED) is 0.911. The van der Waals surface area contributed by atoms with Crippen molar-refractivity contribution in [3.05, 3.63) is 57.8 Å². The van der Waals surface area contributed by atoms with Crippen LogP contribution in [0.5, 0.6) is 0 Å². The summed E-state index contributed by atoms with van der Waals surface area (Å²) in [7, 11) is 0. The Kier molecular flexibility index (Phi) is 4.22. The summed E-state index contributed by atoms with van der Waals surface area (Å²) in [5, 5.41) is 12.0. The predicted octanol–water partition coefficient (Wildman–Crippen LogP) is 3.34. The molecule has 0 fully saturated rings. The standard InChI is InChI=1S/C13H8Cl2N2O3/c14-7-4-5-10(16-6-7)12(18)17-11-8(13(19)20)2-1-3-9(11)15/h1-6H,(H,17,18)(H,19,20). The lowest BCUT2D eigenvalue weighted by molar-refractivity contribution is 0.0698. The molecule has 0 aliphatic heterocycles. The maximum atomic E-state index is 12.0. The topological polar surface area (TPSA) is 79.3 Å². The van der Waals surface area contributed by atoms with Gasteiger partial charge in [0.1, 0.15) is 5.69 Å². The molecule has 1 heterocycles. The van der Waals surface area contributed by atoms with Gasteiger partial charge in [-0.05, 0) is 24.3 Å². The number of anilines is 1. The Labute approximate surface area is 124 Å². The number of aromatic nitrogens is 1. The third kappa shape index (κ3) is 3.07. The van der Waals surface area contributed by atoms with E-state index >= 15 is 0 Å². The third-order valence-corrected chi connectivity index (χ3v) is 2.98. The second-order valence-electron chi connectivity index (χ2n) is 3.78. The highest BCUT2D eigenvalue weighted by Gasteiger charge is 2.16. The van der Waals surface area contributed by atoms with Crippen molar-refractivity contribution in [3.8, 4) is 0 Å². The molecular formula is C13H8Cl2N2O3. The van der Waals surface area contributed by atoms with Crippen molar-refractivity contribution in [3.63, 3.8) is 0 Å². The van der Waals surface area contributed by atoms with Crippen LogP contribution in [0.1, 0.15) is 20.8 Å². The molecule has 1 aromatic heterocycles. The summed E-state index contributed by atoms with van der Waals surface area (Å²) < 4.78 is 0. The molecule has 0 saturated carbocycles. The number of hydrogen-bond acceptors (Lipinski definition) is 3. The molecule has 0 aliphatic carbocycles. The van der Waals surface area contributed by atoms with Gasteiger partial charge in [-0.25, -0.2) is 9.78 Å². The first-order valence-electron chi connectivity index (χ1n) is 5.44. The number of carboxylic acids is 1. The minimum absolute atomic E-state index is 0.0309. The van der Waals surface area contributed by atoms with Crippen LogP contribution in [0.4, 0.5) is 5.69 Å². The Morgan fingerprint density at radius 1 is 1.15 bits per heavy atom. The molecule has 0 spiro atoms. The summed E-state index contributed by atoms with van der Waals surface area (Å²) in [6.45, 7) is 0. The maximum Gasteiger partial charge on any atom is 0.337 e. The molecule has 0 saturated heterocycles. The van der Waals surface area contributed by atoms with Crippen LogP contribution in [-0.4, -0.2) is 22.0 Å². The van der Waals surface area contributed by atoms with Crippen LogP contribution in [0.15, 0.2) is 36.5 Å². The minimum atomic E-state index is -1.19. The first-order chi connectivity index (χ1) is 9.49. The fourth-order valence-electron chi connectivity index (χ4n) is 1.52. The van der Waals surface area contributed by atoms with E-state index in [4.69, 9.17) is 28.3 Å². The molecule has 1 aromatic carbocycles. The number of aromatic carboxylic acids is 1. The number of benzene rings is 1. The van der Waals surface area contributed by atoms with Crippen LogP contribution in [0.25, 0.3) is 0 Å². The first-order valence-corrected chi connectivity index (χ1v) is 6.19. The summed E-state index contributed by atoms with van der Waals surface area (Å²) >= 11 is 11.6. The van der Waals surface area contributed by atoms with Gasteiger partial charge in [-0.15, -0.1) is 0 Å². The summed E-state index contributed by atoms with van der Waals surface area (Å²) in [6.07, 6.45) is 1.32. The monoisotopic (exact) mass is 310 g/mol. The minimum Gasteiger partial charge on any atom is -0.478 e. The largest absolute Gasteiger partial charge is 0.478 e. The van der Waals surface area contributed by atoms with Crippen molar-refractivity contribution in [2.75, 3.05) is 5.32 Å². The number of carbonyl (C=O) groups is 2. The fraction of sp³-hybridized carbons (Fsp3) is 0. The third-order valence-electron chi connectivity index (χ3n) is 2.44. The van der Waals surface area contributed by atoms with E-state index in [1.54, 1.807) is 0 Å². The molecule has 1 amide bonds. The Morgan fingerprint density at radius 3 is 2.50 bits per heavy atom. The second kappa shape index (κ2) is 5.90. The second-order valence-corrected chi connectivity index (χ2v) is 4.63. The number of carbonyl (C=O) groups excluding carboxylic acids is 1. The lowest BCUT2D eigenvalue weighted by atomic mass is 10.1. The highest BCUT2D eigenvalue weighted by Crippen LogP contribution is 2.26. The smallest absolute Gasteiger partial charge is 0.337 e. The van der Waals surface area contributed by atoms with Crippen LogP contribution in [-0.2, 0) is 0 Å². The van der Waals surface area contributed by atoms with Crippen LogP contribution in [0.2, 0.25) is 10.0 Å². The van der Waals surface area contributed by atoms with Crippen LogP contribution < -0.4 is 5.32 Å². The van der Waals surface area contributed by atoms with Crippen molar-refractivity contribution < 1.29 is 14.7 Å². The lowest BCUT2D eigenvalue weighted by Crippen LogP contribution is -2.16. The number of amides is 1. The number of halogens is 2. The highest BCUT2D eigenvalue weighted by atomic mass is 35.5. The molecule has 0 unspecified atom stereocenters. The molecular weight excluding hydrogens is 303 g/mol. The van der Waals surface area contributed by atoms with Crippen molar-refractivity contribution in [2.24, 2.45) is 0 Å². The van der Waals surface area contributed by atoms with Gasteiger partial charge in [-0.3, -0.25) is 4.79 Å². The van der Waals surface area contributed by atoms with E-state index in [2.05, 4.69) is 10.3 Å². The number of para-hydroxylation sites is 1. The van der Waals surface area contributed by atoms with Gasteiger partial charge in [0.15, 0.2) is 0 Å². The molecule has 102 valence electrons. The summed E-state index contributed by atoms with van der Waals surface area (Å²) in [4.78, 5) is 26.9. The van der Waals surface area contributed by atoms with Crippen LogP contribution in [0.3, 0.4) is 0 Å². The predicted molar refractivity (Wildman–Crippen MR) is 75.6 cm³/mol. The summed E-state index contributed by atoms with van der Waals surface area (Å²) in [6, 6.07) is 7.25. The molecule has 2 rings (SSSR count). The van der Waals surface area contributed by atoms with Gasteiger partial charge in [-0.2, -0.15) is 0 Å². The SMILES string of the molecule is O=C(Nc1c(Cl)cccc1C(=O)O)c1ccc(Cl)cn1. The first kappa shape index (κ1) is 14.3. The zero-order valence-electron chi connectivity index (χ0n) is 9.93. The van der Waals surface area contributed by atoms with Gasteiger partial charge in [-0.1, -0.05) is 29.3 Å². The lowest BCUT2D eigenvalue weighted by Gasteiger charge is -2.09. The number of nitrogens with one attached hydrogen (secondary N) is 1. The van der Waals surface area contributed by atoms with Crippen LogP contribution >= 0.6 is 23.2 Å². The molecule has 5 nitrogen and oxygen atoms in total. The summed E-state index contributed by atoms with van der Waals surface area (Å²) in [5.74, 6) is -1.76. The van der Waals surface area contributed by atoms with Crippen molar-refractivity contribution in [2.45, 2.75) is 0 Å². The molecule has 2 N–H and O–H groups in total. The molecule has 0 radical (unpaired) electrons. The number of rotatable bonds is 3. The van der Waals surface area contributed by atoms with Gasteiger partial charge in [0.25, 0.3) is 5.91 Å². The van der Waals surface area contributed by atoms with Gasteiger partial charge >= 0.3 is 5.97 Å². The van der Waals surface area contributed by atoms with Gasteiger partial charge in [0, 0.05) is 6.20 Å². The maximum absolute atomic E-state index is 12.0. The number of carboxylic acid groups (broad SMARTS) is 1. The van der Waals surface area contributed by atoms with E-state index in [1.807, 2.05) is 0 Å². The van der Waals surface area contributed by atoms with E-state index in [0.29, 0.717) is 5.02 Å². The number of pyridine rings is 1. The van der Waals surface area contributed by atoms with E-state index in [1.165, 1.54) is 36.5 Å². The molecule has 0 aliphatic rings. The van der Waals surface area contributed by atoms with Crippen molar-refractivity contribution in [1.82, 2.24) is 4.98 Å². The average Bonchev–Trinajstić information content (AvgIpc) is 2.41. The van der Waals surface area contributed by atoms with Crippen LogP contribution in [0, 0.1) is 0 Å². The Bertz CT molecular complexity index is 672. The zero-order chi connectivity index (χ0) is 14.7. The van der Waals surface area contributed by atoms with E-state index in [0.717, 1.165) is 0 Å².